The summed E-state index contributed by atoms with van der Waals surface area (Å²) in [4.78, 5) is 0. The van der Waals surface area contributed by atoms with Gasteiger partial charge in [-0.15, -0.1) is 0 Å². The van der Waals surface area contributed by atoms with Gasteiger partial charge in [-0.25, -0.2) is 8.78 Å². The average molecular weight is 259 g/mol. The van der Waals surface area contributed by atoms with Crippen LogP contribution in [0.15, 0.2) is 36.4 Å². The molecule has 2 aromatic carbocycles. The topological polar surface area (TPSA) is 0 Å². The van der Waals surface area contributed by atoms with Crippen molar-refractivity contribution in [1.29, 1.82) is 0 Å². The molecule has 0 aliphatic heterocycles. The fraction of sp³-hybridized carbons (Fsp3) is 0. The van der Waals surface area contributed by atoms with E-state index in [0.29, 0.717) is 0 Å². The zero-order chi connectivity index (χ0) is 11.7. The van der Waals surface area contributed by atoms with Crippen LogP contribution in [0.25, 0.3) is 11.1 Å². The third-order valence-corrected chi connectivity index (χ3v) is 2.81. The fourth-order valence-corrected chi connectivity index (χ4v) is 1.92. The minimum atomic E-state index is -0.528. The summed E-state index contributed by atoms with van der Waals surface area (Å²) in [7, 11) is 0. The van der Waals surface area contributed by atoms with Crippen molar-refractivity contribution in [1.82, 2.24) is 0 Å². The van der Waals surface area contributed by atoms with Crippen molar-refractivity contribution in [2.24, 2.45) is 0 Å². The van der Waals surface area contributed by atoms with Crippen LogP contribution in [0, 0.1) is 11.6 Å². The summed E-state index contributed by atoms with van der Waals surface area (Å²) in [6.45, 7) is 0. The predicted octanol–water partition coefficient (Wildman–Crippen LogP) is 4.94. The maximum absolute atomic E-state index is 13.6. The van der Waals surface area contributed by atoms with Gasteiger partial charge in [-0.1, -0.05) is 29.3 Å². The van der Waals surface area contributed by atoms with Crippen molar-refractivity contribution in [2.75, 3.05) is 0 Å². The van der Waals surface area contributed by atoms with E-state index in [1.807, 2.05) is 0 Å². The van der Waals surface area contributed by atoms with Crippen LogP contribution in [0.4, 0.5) is 8.78 Å². The SMILES string of the molecule is Fc1ccc(Cl)c(-c2c(F)cccc2Cl)c1. The van der Waals surface area contributed by atoms with Crippen LogP contribution in [-0.4, -0.2) is 0 Å². The molecular formula is C12H6Cl2F2. The molecule has 0 fully saturated rings. The Hall–Kier alpha value is -1.12. The first-order chi connectivity index (χ1) is 7.59. The van der Waals surface area contributed by atoms with Gasteiger partial charge in [-0.3, -0.25) is 0 Å². The van der Waals surface area contributed by atoms with Gasteiger partial charge < -0.3 is 0 Å². The highest BCUT2D eigenvalue weighted by Gasteiger charge is 2.13. The molecule has 0 atom stereocenters. The summed E-state index contributed by atoms with van der Waals surface area (Å²) in [6, 6.07) is 8.00. The van der Waals surface area contributed by atoms with Crippen LogP contribution in [-0.2, 0) is 0 Å². The predicted molar refractivity (Wildman–Crippen MR) is 61.8 cm³/mol. The molecule has 0 spiro atoms. The smallest absolute Gasteiger partial charge is 0.132 e. The van der Waals surface area contributed by atoms with Gasteiger partial charge in [0.15, 0.2) is 0 Å². The second-order valence-corrected chi connectivity index (χ2v) is 4.04. The maximum Gasteiger partial charge on any atom is 0.132 e. The highest BCUT2D eigenvalue weighted by atomic mass is 35.5. The molecule has 0 heterocycles. The van der Waals surface area contributed by atoms with Crippen molar-refractivity contribution in [2.45, 2.75) is 0 Å². The van der Waals surface area contributed by atoms with E-state index in [0.717, 1.165) is 6.07 Å². The lowest BCUT2D eigenvalue weighted by atomic mass is 10.0. The molecule has 16 heavy (non-hydrogen) atoms. The van der Waals surface area contributed by atoms with E-state index in [1.54, 1.807) is 0 Å². The lowest BCUT2D eigenvalue weighted by Gasteiger charge is -2.08. The van der Waals surface area contributed by atoms with Gasteiger partial charge in [0.25, 0.3) is 0 Å². The molecule has 0 nitrogen and oxygen atoms in total. The molecule has 0 amide bonds. The first-order valence-corrected chi connectivity index (χ1v) is 5.24. The average Bonchev–Trinajstić information content (AvgIpc) is 2.23. The van der Waals surface area contributed by atoms with Gasteiger partial charge >= 0.3 is 0 Å². The monoisotopic (exact) mass is 258 g/mol. The highest BCUT2D eigenvalue weighted by Crippen LogP contribution is 2.35. The van der Waals surface area contributed by atoms with Gasteiger partial charge in [0, 0.05) is 16.1 Å². The Morgan fingerprint density at radius 1 is 0.875 bits per heavy atom. The number of rotatable bonds is 1. The molecular weight excluding hydrogens is 253 g/mol. The molecule has 82 valence electrons. The molecule has 2 aromatic rings. The third-order valence-electron chi connectivity index (χ3n) is 2.16. The van der Waals surface area contributed by atoms with Crippen molar-refractivity contribution in [3.05, 3.63) is 58.1 Å². The van der Waals surface area contributed by atoms with Crippen LogP contribution in [0.5, 0.6) is 0 Å². The quantitative estimate of drug-likeness (QED) is 0.680. The molecule has 0 bridgehead atoms. The molecule has 0 saturated heterocycles. The molecule has 0 aromatic heterocycles. The summed E-state index contributed by atoms with van der Waals surface area (Å²) in [5, 5.41) is 0.459. The Bertz CT molecular complexity index is 518. The zero-order valence-corrected chi connectivity index (χ0v) is 9.49. The number of benzene rings is 2. The van der Waals surface area contributed by atoms with Crippen molar-refractivity contribution < 1.29 is 8.78 Å². The minimum Gasteiger partial charge on any atom is -0.207 e. The Morgan fingerprint density at radius 3 is 2.31 bits per heavy atom. The molecule has 0 aliphatic rings. The van der Waals surface area contributed by atoms with E-state index >= 15 is 0 Å². The highest BCUT2D eigenvalue weighted by molar-refractivity contribution is 6.36. The van der Waals surface area contributed by atoms with Gasteiger partial charge in [-0.05, 0) is 30.3 Å². The number of halogens is 4. The normalized spacial score (nSPS) is 10.5. The molecule has 0 N–H and O–H groups in total. The van der Waals surface area contributed by atoms with E-state index in [-0.39, 0.29) is 21.2 Å². The molecule has 4 heteroatoms. The van der Waals surface area contributed by atoms with Crippen LogP contribution in [0.3, 0.4) is 0 Å². The van der Waals surface area contributed by atoms with E-state index in [9.17, 15) is 8.78 Å². The van der Waals surface area contributed by atoms with Gasteiger partial charge in [0.05, 0.1) is 5.02 Å². The first-order valence-electron chi connectivity index (χ1n) is 4.49. The Morgan fingerprint density at radius 2 is 1.62 bits per heavy atom. The van der Waals surface area contributed by atoms with E-state index in [2.05, 4.69) is 0 Å². The van der Waals surface area contributed by atoms with Crippen LogP contribution < -0.4 is 0 Å². The van der Waals surface area contributed by atoms with Crippen molar-refractivity contribution >= 4 is 23.2 Å². The zero-order valence-electron chi connectivity index (χ0n) is 7.98. The second-order valence-electron chi connectivity index (χ2n) is 3.22. The molecule has 0 unspecified atom stereocenters. The lowest BCUT2D eigenvalue weighted by molar-refractivity contribution is 0.625. The molecule has 0 aliphatic carbocycles. The third kappa shape index (κ3) is 2.04. The van der Waals surface area contributed by atoms with Gasteiger partial charge in [0.1, 0.15) is 11.6 Å². The number of hydrogen-bond donors (Lipinski definition) is 0. The van der Waals surface area contributed by atoms with E-state index < -0.39 is 11.6 Å². The Balaban J connectivity index is 2.72. The summed E-state index contributed by atoms with van der Waals surface area (Å²) >= 11 is 11.7. The molecule has 0 saturated carbocycles. The second kappa shape index (κ2) is 4.40. The van der Waals surface area contributed by atoms with Crippen LogP contribution in [0.2, 0.25) is 10.0 Å². The van der Waals surface area contributed by atoms with Crippen LogP contribution >= 0.6 is 23.2 Å². The van der Waals surface area contributed by atoms with Crippen molar-refractivity contribution in [3.8, 4) is 11.1 Å². The Labute approximate surface area is 101 Å². The first kappa shape index (κ1) is 11.4. The number of hydrogen-bond acceptors (Lipinski definition) is 0. The fourth-order valence-electron chi connectivity index (χ4n) is 1.44. The largest absolute Gasteiger partial charge is 0.207 e. The lowest BCUT2D eigenvalue weighted by Crippen LogP contribution is -1.88. The molecule has 2 rings (SSSR count). The minimum absolute atomic E-state index is 0.119. The maximum atomic E-state index is 13.6. The van der Waals surface area contributed by atoms with Gasteiger partial charge in [-0.2, -0.15) is 0 Å². The summed E-state index contributed by atoms with van der Waals surface area (Å²) in [5.74, 6) is -1.02. The van der Waals surface area contributed by atoms with Gasteiger partial charge in [0.2, 0.25) is 0 Å². The Kier molecular flexibility index (Phi) is 3.13. The van der Waals surface area contributed by atoms with E-state index in [1.165, 1.54) is 30.3 Å². The van der Waals surface area contributed by atoms with Crippen LogP contribution in [0.1, 0.15) is 0 Å². The summed E-state index contributed by atoms with van der Waals surface area (Å²) in [5.41, 5.74) is 0.374. The summed E-state index contributed by atoms with van der Waals surface area (Å²) < 4.78 is 26.7. The van der Waals surface area contributed by atoms with Crippen molar-refractivity contribution in [3.63, 3.8) is 0 Å². The standard InChI is InChI=1S/C12H6Cl2F2/c13-9-5-4-7(15)6-8(9)12-10(14)2-1-3-11(12)16/h1-6H. The molecule has 0 radical (unpaired) electrons. The van der Waals surface area contributed by atoms with E-state index in [4.69, 9.17) is 23.2 Å². The summed E-state index contributed by atoms with van der Waals surface area (Å²) in [6.07, 6.45) is 0.